The average molecular weight is 921 g/mol. The Morgan fingerprint density at radius 1 is 0.194 bits per heavy atom. The molecule has 0 aliphatic heterocycles. The summed E-state index contributed by atoms with van der Waals surface area (Å²) in [6.45, 7) is 0. The van der Waals surface area contributed by atoms with Gasteiger partial charge in [-0.05, 0) is 138 Å². The molecular weight excluding hydrogens is 885 g/mol. The van der Waals surface area contributed by atoms with Crippen LogP contribution in [0.2, 0.25) is 0 Å². The molecule has 0 atom stereocenters. The minimum atomic E-state index is 0.832. The van der Waals surface area contributed by atoms with Gasteiger partial charge in [0.05, 0.1) is 22.1 Å². The fourth-order valence-corrected chi connectivity index (χ4v) is 12.0. The van der Waals surface area contributed by atoms with Gasteiger partial charge in [-0.15, -0.1) is 0 Å². The average Bonchev–Trinajstić information content (AvgIpc) is 4.28. The Hall–Kier alpha value is -9.78. The van der Waals surface area contributed by atoms with E-state index in [4.69, 9.17) is 17.7 Å². The van der Waals surface area contributed by atoms with E-state index in [9.17, 15) is 0 Å². The molecule has 6 nitrogen and oxygen atoms in total. The molecule has 72 heavy (non-hydrogen) atoms. The van der Waals surface area contributed by atoms with Gasteiger partial charge in [-0.25, -0.2) is 0 Å². The Morgan fingerprint density at radius 2 is 0.486 bits per heavy atom. The molecule has 17 rings (SSSR count). The first kappa shape index (κ1) is 38.1. The van der Waals surface area contributed by atoms with Crippen LogP contribution in [0.5, 0.6) is 0 Å². The molecule has 0 N–H and O–H groups in total. The molecule has 0 bridgehead atoms. The van der Waals surface area contributed by atoms with Crippen LogP contribution in [0.15, 0.2) is 236 Å². The van der Waals surface area contributed by atoms with Crippen molar-refractivity contribution >= 4 is 131 Å². The second-order valence-electron chi connectivity index (χ2n) is 19.2. The van der Waals surface area contributed by atoms with Crippen molar-refractivity contribution in [2.75, 3.05) is 0 Å². The van der Waals surface area contributed by atoms with E-state index in [0.717, 1.165) is 121 Å². The molecule has 0 aliphatic carbocycles. The van der Waals surface area contributed by atoms with Crippen LogP contribution in [0.25, 0.3) is 165 Å². The lowest BCUT2D eigenvalue weighted by atomic mass is 9.97. The minimum Gasteiger partial charge on any atom is -0.456 e. The largest absolute Gasteiger partial charge is 0.456 e. The molecule has 0 fully saturated rings. The van der Waals surface area contributed by atoms with E-state index in [1.807, 2.05) is 0 Å². The summed E-state index contributed by atoms with van der Waals surface area (Å²) in [6.07, 6.45) is 0. The van der Waals surface area contributed by atoms with Crippen molar-refractivity contribution in [2.45, 2.75) is 0 Å². The number of fused-ring (bicyclic) bond motifs is 18. The van der Waals surface area contributed by atoms with Crippen LogP contribution in [0.3, 0.4) is 0 Å². The molecular formula is C66H36N2O4. The zero-order valence-electron chi connectivity index (χ0n) is 38.3. The number of nitrogens with zero attached hydrogens (tertiary/aromatic N) is 2. The third-order valence-electron chi connectivity index (χ3n) is 15.3. The van der Waals surface area contributed by atoms with Crippen LogP contribution in [0, 0.1) is 0 Å². The van der Waals surface area contributed by atoms with Crippen LogP contribution < -0.4 is 0 Å². The molecule has 0 unspecified atom stereocenters. The smallest absolute Gasteiger partial charge is 0.136 e. The van der Waals surface area contributed by atoms with Crippen molar-refractivity contribution in [3.05, 3.63) is 218 Å². The molecule has 17 aromatic rings. The van der Waals surface area contributed by atoms with Gasteiger partial charge in [-0.1, -0.05) is 103 Å². The van der Waals surface area contributed by atoms with E-state index in [0.29, 0.717) is 0 Å². The van der Waals surface area contributed by atoms with E-state index in [1.165, 1.54) is 43.6 Å². The lowest BCUT2D eigenvalue weighted by Gasteiger charge is -2.07. The van der Waals surface area contributed by atoms with Crippen LogP contribution in [0.1, 0.15) is 0 Å². The Morgan fingerprint density at radius 3 is 0.847 bits per heavy atom. The van der Waals surface area contributed by atoms with Gasteiger partial charge in [0, 0.05) is 76.0 Å². The predicted octanol–water partition coefficient (Wildman–Crippen LogP) is 18.8. The van der Waals surface area contributed by atoms with Crippen molar-refractivity contribution in [1.82, 2.24) is 9.13 Å². The Labute approximate surface area is 408 Å². The zero-order valence-corrected chi connectivity index (χ0v) is 38.3. The molecule has 0 saturated heterocycles. The number of benzene rings is 11. The molecule has 6 heterocycles. The zero-order chi connectivity index (χ0) is 46.8. The molecule has 6 heteroatoms. The monoisotopic (exact) mass is 920 g/mol. The number of hydrogen-bond acceptors (Lipinski definition) is 4. The van der Waals surface area contributed by atoms with Crippen LogP contribution >= 0.6 is 0 Å². The normalized spacial score (nSPS) is 12.4. The van der Waals surface area contributed by atoms with E-state index in [1.54, 1.807) is 0 Å². The highest BCUT2D eigenvalue weighted by Crippen LogP contribution is 2.43. The van der Waals surface area contributed by atoms with Crippen molar-refractivity contribution in [2.24, 2.45) is 0 Å². The van der Waals surface area contributed by atoms with Gasteiger partial charge in [0.15, 0.2) is 0 Å². The van der Waals surface area contributed by atoms with E-state index in [2.05, 4.69) is 228 Å². The van der Waals surface area contributed by atoms with Gasteiger partial charge in [0.25, 0.3) is 0 Å². The first-order valence-electron chi connectivity index (χ1n) is 24.4. The van der Waals surface area contributed by atoms with Gasteiger partial charge >= 0.3 is 0 Å². The Kier molecular flexibility index (Phi) is 7.38. The maximum atomic E-state index is 6.58. The summed E-state index contributed by atoms with van der Waals surface area (Å²) in [5.74, 6) is 0. The summed E-state index contributed by atoms with van der Waals surface area (Å²) < 4.78 is 31.0. The first-order chi connectivity index (χ1) is 35.6. The van der Waals surface area contributed by atoms with Gasteiger partial charge in [0.1, 0.15) is 44.7 Å². The minimum absolute atomic E-state index is 0.832. The van der Waals surface area contributed by atoms with E-state index < -0.39 is 0 Å². The third kappa shape index (κ3) is 5.27. The SMILES string of the molecule is c1cc(-c2ccc3oc4cc5c(cc4c3c2)oc2ccc(-n3c4ccccc4c4ccccc43)cc25)cc(-c2ccc3oc4cc5c(cc4c3c2)oc2ccc(-n3c4ccccc4c4ccccc43)cc25)c1. The molecule has 0 radical (unpaired) electrons. The van der Waals surface area contributed by atoms with Crippen molar-refractivity contribution < 1.29 is 17.7 Å². The summed E-state index contributed by atoms with van der Waals surface area (Å²) in [7, 11) is 0. The number of aromatic nitrogens is 2. The van der Waals surface area contributed by atoms with Gasteiger partial charge in [0.2, 0.25) is 0 Å². The van der Waals surface area contributed by atoms with Gasteiger partial charge in [-0.3, -0.25) is 0 Å². The molecule has 6 aromatic heterocycles. The van der Waals surface area contributed by atoms with Crippen molar-refractivity contribution in [1.29, 1.82) is 0 Å². The van der Waals surface area contributed by atoms with E-state index >= 15 is 0 Å². The summed E-state index contributed by atoms with van der Waals surface area (Å²) in [5, 5.41) is 13.3. The molecule has 334 valence electrons. The summed E-state index contributed by atoms with van der Waals surface area (Å²) in [4.78, 5) is 0. The van der Waals surface area contributed by atoms with E-state index in [-0.39, 0.29) is 0 Å². The van der Waals surface area contributed by atoms with Gasteiger partial charge < -0.3 is 26.8 Å². The fourth-order valence-electron chi connectivity index (χ4n) is 12.0. The van der Waals surface area contributed by atoms with Crippen LogP contribution in [0.4, 0.5) is 0 Å². The second-order valence-corrected chi connectivity index (χ2v) is 19.2. The van der Waals surface area contributed by atoms with Crippen LogP contribution in [-0.4, -0.2) is 9.13 Å². The van der Waals surface area contributed by atoms with Crippen molar-refractivity contribution in [3.8, 4) is 33.6 Å². The lowest BCUT2D eigenvalue weighted by Crippen LogP contribution is -1.93. The number of para-hydroxylation sites is 4. The summed E-state index contributed by atoms with van der Waals surface area (Å²) >= 11 is 0. The number of furan rings is 4. The molecule has 0 spiro atoms. The Bertz CT molecular complexity index is 4760. The quantitative estimate of drug-likeness (QED) is 0.176. The molecule has 0 amide bonds. The van der Waals surface area contributed by atoms with Crippen LogP contribution in [-0.2, 0) is 0 Å². The number of rotatable bonds is 4. The highest BCUT2D eigenvalue weighted by atomic mass is 16.3. The molecule has 11 aromatic carbocycles. The molecule has 0 aliphatic rings. The highest BCUT2D eigenvalue weighted by molar-refractivity contribution is 6.18. The topological polar surface area (TPSA) is 62.4 Å². The molecule has 0 saturated carbocycles. The lowest BCUT2D eigenvalue weighted by molar-refractivity contribution is 0.664. The fraction of sp³-hybridized carbons (Fsp3) is 0. The maximum Gasteiger partial charge on any atom is 0.136 e. The third-order valence-corrected chi connectivity index (χ3v) is 15.3. The Balaban J connectivity index is 0.728. The first-order valence-corrected chi connectivity index (χ1v) is 24.4. The van der Waals surface area contributed by atoms with Gasteiger partial charge in [-0.2, -0.15) is 0 Å². The summed E-state index contributed by atoms with van der Waals surface area (Å²) in [5.41, 5.74) is 18.0. The predicted molar refractivity (Wildman–Crippen MR) is 295 cm³/mol. The van der Waals surface area contributed by atoms with Crippen molar-refractivity contribution in [3.63, 3.8) is 0 Å². The standard InChI is InChI=1S/C66H36N2O4/c1-5-16-55-43(12-1)44-13-2-6-17-56(44)67(55)41-22-26-61-49(31-41)53-35-63-51(33-65(53)71-61)47-29-39(20-24-59(47)69-63)37-10-9-11-38(28-37)40-21-25-60-48(30-40)52-34-66-54(36-64(52)70-60)50-32-42(23-27-62(50)72-66)68-57-18-7-3-14-45(57)46-15-4-8-19-58(46)68/h1-36H. The second kappa shape index (κ2) is 13.9. The number of hydrogen-bond donors (Lipinski definition) is 0. The summed E-state index contributed by atoms with van der Waals surface area (Å²) in [6, 6.07) is 77.7. The highest BCUT2D eigenvalue weighted by Gasteiger charge is 2.20. The maximum absolute atomic E-state index is 6.58.